The average molecular weight is 198 g/mol. The van der Waals surface area contributed by atoms with E-state index in [0.29, 0.717) is 11.8 Å². The molecule has 4 heteroatoms. The molecule has 0 amide bonds. The monoisotopic (exact) mass is 198 g/mol. The lowest BCUT2D eigenvalue weighted by Crippen LogP contribution is -2.24. The van der Waals surface area contributed by atoms with E-state index in [9.17, 15) is 13.6 Å². The van der Waals surface area contributed by atoms with Gasteiger partial charge in [-0.25, -0.2) is 8.78 Å². The fourth-order valence-electron chi connectivity index (χ4n) is 1.46. The zero-order valence-electron chi connectivity index (χ0n) is 7.30. The first-order valence-corrected chi connectivity index (χ1v) is 4.24. The van der Waals surface area contributed by atoms with Crippen LogP contribution in [0.25, 0.3) is 0 Å². The summed E-state index contributed by atoms with van der Waals surface area (Å²) in [7, 11) is 0. The van der Waals surface area contributed by atoms with E-state index >= 15 is 0 Å². The maximum Gasteiger partial charge on any atom is 0.280 e. The Bertz CT molecular complexity index is 374. The molecule has 0 fully saturated rings. The van der Waals surface area contributed by atoms with Gasteiger partial charge in [0, 0.05) is 5.56 Å². The Hall–Kier alpha value is -1.45. The summed E-state index contributed by atoms with van der Waals surface area (Å²) in [5.74, 6) is -2.72. The van der Waals surface area contributed by atoms with Crippen molar-refractivity contribution in [1.82, 2.24) is 0 Å². The second-order valence-electron chi connectivity index (χ2n) is 3.18. The fourth-order valence-corrected chi connectivity index (χ4v) is 1.46. The van der Waals surface area contributed by atoms with Crippen molar-refractivity contribution in [2.45, 2.75) is 12.3 Å². The maximum atomic E-state index is 13.3. The van der Waals surface area contributed by atoms with E-state index in [1.807, 2.05) is 0 Å². The standard InChI is InChI=1S/C10H8F2O2/c11-10(12)3-4-14-9-5-7(6-13)1-2-8(9)10/h1-2,5-6H,3-4H2. The maximum absolute atomic E-state index is 13.3. The summed E-state index contributed by atoms with van der Waals surface area (Å²) >= 11 is 0. The predicted octanol–water partition coefficient (Wildman–Crippen LogP) is 2.37. The summed E-state index contributed by atoms with van der Waals surface area (Å²) in [5.41, 5.74) is 0.218. The van der Waals surface area contributed by atoms with Gasteiger partial charge in [0.1, 0.15) is 12.0 Å². The first-order valence-electron chi connectivity index (χ1n) is 4.24. The van der Waals surface area contributed by atoms with Crippen molar-refractivity contribution in [2.75, 3.05) is 6.61 Å². The number of carbonyl (C=O) groups excluding carboxylic acids is 1. The Morgan fingerprint density at radius 3 is 2.93 bits per heavy atom. The van der Waals surface area contributed by atoms with Gasteiger partial charge in [-0.05, 0) is 12.1 Å². The van der Waals surface area contributed by atoms with Crippen LogP contribution in [0.5, 0.6) is 5.75 Å². The van der Waals surface area contributed by atoms with Crippen molar-refractivity contribution in [1.29, 1.82) is 0 Å². The van der Waals surface area contributed by atoms with Gasteiger partial charge < -0.3 is 4.74 Å². The molecule has 0 saturated carbocycles. The third-order valence-electron chi connectivity index (χ3n) is 2.21. The number of aldehydes is 1. The van der Waals surface area contributed by atoms with Crippen molar-refractivity contribution >= 4 is 6.29 Å². The smallest absolute Gasteiger partial charge is 0.280 e. The van der Waals surface area contributed by atoms with Gasteiger partial charge >= 0.3 is 0 Å². The zero-order chi connectivity index (χ0) is 10.2. The number of benzene rings is 1. The van der Waals surface area contributed by atoms with Crippen LogP contribution in [0.3, 0.4) is 0 Å². The molecule has 2 rings (SSSR count). The molecular formula is C10H8F2O2. The summed E-state index contributed by atoms with van der Waals surface area (Å²) in [6.07, 6.45) is 0.302. The van der Waals surface area contributed by atoms with E-state index in [-0.39, 0.29) is 24.3 Å². The van der Waals surface area contributed by atoms with Crippen molar-refractivity contribution < 1.29 is 18.3 Å². The number of alkyl halides is 2. The van der Waals surface area contributed by atoms with Gasteiger partial charge in [-0.2, -0.15) is 0 Å². The van der Waals surface area contributed by atoms with Crippen LogP contribution in [0, 0.1) is 0 Å². The molecule has 74 valence electrons. The molecule has 0 N–H and O–H groups in total. The van der Waals surface area contributed by atoms with E-state index in [2.05, 4.69) is 0 Å². The predicted molar refractivity (Wildman–Crippen MR) is 45.8 cm³/mol. The van der Waals surface area contributed by atoms with Crippen LogP contribution in [-0.4, -0.2) is 12.9 Å². The molecule has 0 bridgehead atoms. The third kappa shape index (κ3) is 1.36. The molecule has 14 heavy (non-hydrogen) atoms. The molecule has 1 aliphatic heterocycles. The normalized spacial score (nSPS) is 18.1. The summed E-state index contributed by atoms with van der Waals surface area (Å²) in [5, 5.41) is 0. The van der Waals surface area contributed by atoms with Crippen LogP contribution in [0.2, 0.25) is 0 Å². The fraction of sp³-hybridized carbons (Fsp3) is 0.300. The number of rotatable bonds is 1. The second kappa shape index (κ2) is 3.04. The van der Waals surface area contributed by atoms with E-state index in [1.54, 1.807) is 0 Å². The second-order valence-corrected chi connectivity index (χ2v) is 3.18. The van der Waals surface area contributed by atoms with Gasteiger partial charge in [0.15, 0.2) is 0 Å². The third-order valence-corrected chi connectivity index (χ3v) is 2.21. The highest BCUT2D eigenvalue weighted by Crippen LogP contribution is 2.41. The molecule has 1 aromatic rings. The van der Waals surface area contributed by atoms with Crippen LogP contribution in [0.15, 0.2) is 18.2 Å². The molecular weight excluding hydrogens is 190 g/mol. The number of fused-ring (bicyclic) bond motifs is 1. The Morgan fingerprint density at radius 2 is 2.21 bits per heavy atom. The molecule has 2 nitrogen and oxygen atoms in total. The number of hydrogen-bond donors (Lipinski definition) is 0. The zero-order valence-corrected chi connectivity index (χ0v) is 7.30. The van der Waals surface area contributed by atoms with Gasteiger partial charge in [0.05, 0.1) is 18.6 Å². The Balaban J connectivity index is 2.51. The summed E-state index contributed by atoms with van der Waals surface area (Å²) in [4.78, 5) is 10.4. The minimum absolute atomic E-state index is 0.0116. The van der Waals surface area contributed by atoms with Crippen molar-refractivity contribution in [3.8, 4) is 5.75 Å². The molecule has 1 aliphatic rings. The molecule has 0 spiro atoms. The first-order chi connectivity index (χ1) is 6.63. The molecule has 0 atom stereocenters. The van der Waals surface area contributed by atoms with Gasteiger partial charge in [-0.1, -0.05) is 6.07 Å². The minimum atomic E-state index is -2.84. The van der Waals surface area contributed by atoms with E-state index < -0.39 is 5.92 Å². The summed E-state index contributed by atoms with van der Waals surface area (Å²) < 4.78 is 31.6. The number of hydrogen-bond acceptors (Lipinski definition) is 2. The molecule has 0 radical (unpaired) electrons. The van der Waals surface area contributed by atoms with Crippen LogP contribution in [0.4, 0.5) is 8.78 Å². The molecule has 1 aromatic carbocycles. The van der Waals surface area contributed by atoms with E-state index in [1.165, 1.54) is 18.2 Å². The largest absolute Gasteiger partial charge is 0.493 e. The van der Waals surface area contributed by atoms with Crippen molar-refractivity contribution in [2.24, 2.45) is 0 Å². The topological polar surface area (TPSA) is 26.3 Å². The first kappa shape index (κ1) is 9.12. The molecule has 0 aromatic heterocycles. The van der Waals surface area contributed by atoms with Crippen molar-refractivity contribution in [3.63, 3.8) is 0 Å². The van der Waals surface area contributed by atoms with Gasteiger partial charge in [0.2, 0.25) is 0 Å². The highest BCUT2D eigenvalue weighted by atomic mass is 19.3. The van der Waals surface area contributed by atoms with Crippen LogP contribution in [-0.2, 0) is 5.92 Å². The van der Waals surface area contributed by atoms with Gasteiger partial charge in [0.25, 0.3) is 5.92 Å². The Kier molecular flexibility index (Phi) is 1.98. The minimum Gasteiger partial charge on any atom is -0.493 e. The number of ether oxygens (including phenoxy) is 1. The van der Waals surface area contributed by atoms with Gasteiger partial charge in [-0.3, -0.25) is 4.79 Å². The Labute approximate surface area is 79.5 Å². The van der Waals surface area contributed by atoms with Crippen LogP contribution >= 0.6 is 0 Å². The molecule has 0 saturated heterocycles. The summed E-state index contributed by atoms with van der Waals surface area (Å²) in [6, 6.07) is 3.96. The highest BCUT2D eigenvalue weighted by Gasteiger charge is 2.37. The number of carbonyl (C=O) groups is 1. The SMILES string of the molecule is O=Cc1ccc2c(c1)OCCC2(F)F. The van der Waals surface area contributed by atoms with Crippen LogP contribution < -0.4 is 4.74 Å². The van der Waals surface area contributed by atoms with Crippen LogP contribution in [0.1, 0.15) is 22.3 Å². The average Bonchev–Trinajstić information content (AvgIpc) is 2.16. The quantitative estimate of drug-likeness (QED) is 0.647. The molecule has 0 unspecified atom stereocenters. The number of halogens is 2. The van der Waals surface area contributed by atoms with E-state index in [4.69, 9.17) is 4.74 Å². The lowest BCUT2D eigenvalue weighted by atomic mass is 10.0. The lowest BCUT2D eigenvalue weighted by Gasteiger charge is -2.25. The van der Waals surface area contributed by atoms with Gasteiger partial charge in [-0.15, -0.1) is 0 Å². The molecule has 1 heterocycles. The molecule has 0 aliphatic carbocycles. The lowest BCUT2D eigenvalue weighted by molar-refractivity contribution is -0.0404. The van der Waals surface area contributed by atoms with Crippen molar-refractivity contribution in [3.05, 3.63) is 29.3 Å². The van der Waals surface area contributed by atoms with E-state index in [0.717, 1.165) is 0 Å². The summed E-state index contributed by atoms with van der Waals surface area (Å²) in [6.45, 7) is -0.0116. The Morgan fingerprint density at radius 1 is 1.43 bits per heavy atom. The highest BCUT2D eigenvalue weighted by molar-refractivity contribution is 5.76.